The molecule has 2 aromatic rings. The van der Waals surface area contributed by atoms with Crippen molar-refractivity contribution in [2.75, 3.05) is 0 Å². The molecule has 0 aromatic heterocycles. The van der Waals surface area contributed by atoms with Crippen LogP contribution in [0.25, 0.3) is 0 Å². The van der Waals surface area contributed by atoms with Crippen LogP contribution in [0.5, 0.6) is 5.75 Å². The van der Waals surface area contributed by atoms with Crippen molar-refractivity contribution >= 4 is 17.4 Å². The quantitative estimate of drug-likeness (QED) is 0.786. The fourth-order valence-electron chi connectivity index (χ4n) is 1.62. The predicted octanol–water partition coefficient (Wildman–Crippen LogP) is 4.31. The van der Waals surface area contributed by atoms with Crippen molar-refractivity contribution in [3.05, 3.63) is 64.4 Å². The number of hydrogen-bond donors (Lipinski definition) is 0. The topological polar surface area (TPSA) is 26.3 Å². The highest BCUT2D eigenvalue weighted by Gasteiger charge is 2.14. The summed E-state index contributed by atoms with van der Waals surface area (Å²) < 4.78 is 41.7. The van der Waals surface area contributed by atoms with Gasteiger partial charge in [-0.2, -0.15) is 8.78 Å². The Balaban J connectivity index is 2.25. The SMILES string of the molecule is O=C(c1ccc(OC(F)F)cc1)c1ccc(Cl)cc1F. The molecule has 20 heavy (non-hydrogen) atoms. The monoisotopic (exact) mass is 300 g/mol. The molecule has 0 aliphatic carbocycles. The third-order valence-corrected chi connectivity index (χ3v) is 2.75. The molecule has 2 rings (SSSR count). The summed E-state index contributed by atoms with van der Waals surface area (Å²) >= 11 is 5.60. The zero-order valence-electron chi connectivity index (χ0n) is 9.95. The van der Waals surface area contributed by atoms with E-state index in [1.54, 1.807) is 0 Å². The summed E-state index contributed by atoms with van der Waals surface area (Å²) in [6, 6.07) is 8.70. The molecule has 0 radical (unpaired) electrons. The first-order valence-electron chi connectivity index (χ1n) is 5.52. The molecular formula is C14H8ClF3O2. The van der Waals surface area contributed by atoms with Crippen molar-refractivity contribution < 1.29 is 22.7 Å². The van der Waals surface area contributed by atoms with Crippen molar-refractivity contribution in [1.82, 2.24) is 0 Å². The van der Waals surface area contributed by atoms with Gasteiger partial charge in [0.25, 0.3) is 0 Å². The average Bonchev–Trinajstić information content (AvgIpc) is 2.38. The molecule has 2 aromatic carbocycles. The Morgan fingerprint density at radius 2 is 1.75 bits per heavy atom. The maximum atomic E-state index is 13.6. The van der Waals surface area contributed by atoms with Gasteiger partial charge in [-0.15, -0.1) is 0 Å². The van der Waals surface area contributed by atoms with Crippen LogP contribution in [-0.2, 0) is 0 Å². The second-order valence-corrected chi connectivity index (χ2v) is 4.29. The van der Waals surface area contributed by atoms with E-state index in [0.29, 0.717) is 0 Å². The van der Waals surface area contributed by atoms with Crippen molar-refractivity contribution in [3.8, 4) is 5.75 Å². The van der Waals surface area contributed by atoms with Crippen LogP contribution < -0.4 is 4.74 Å². The number of carbonyl (C=O) groups excluding carboxylic acids is 1. The fraction of sp³-hybridized carbons (Fsp3) is 0.0714. The van der Waals surface area contributed by atoms with Gasteiger partial charge in [0.15, 0.2) is 5.78 Å². The van der Waals surface area contributed by atoms with E-state index in [1.807, 2.05) is 0 Å². The smallest absolute Gasteiger partial charge is 0.387 e. The second-order valence-electron chi connectivity index (χ2n) is 3.86. The molecule has 0 amide bonds. The maximum Gasteiger partial charge on any atom is 0.387 e. The molecule has 0 unspecified atom stereocenters. The maximum absolute atomic E-state index is 13.6. The average molecular weight is 301 g/mol. The fourth-order valence-corrected chi connectivity index (χ4v) is 1.78. The van der Waals surface area contributed by atoms with E-state index in [-0.39, 0.29) is 21.9 Å². The van der Waals surface area contributed by atoms with Crippen molar-refractivity contribution in [2.24, 2.45) is 0 Å². The number of ether oxygens (including phenoxy) is 1. The van der Waals surface area contributed by atoms with E-state index in [0.717, 1.165) is 6.07 Å². The summed E-state index contributed by atoms with van der Waals surface area (Å²) in [5.41, 5.74) is 0.0183. The van der Waals surface area contributed by atoms with Crippen LogP contribution in [0.1, 0.15) is 15.9 Å². The Labute approximate surface area is 117 Å². The first kappa shape index (κ1) is 14.4. The largest absolute Gasteiger partial charge is 0.435 e. The number of halogens is 4. The number of alkyl halides is 2. The highest BCUT2D eigenvalue weighted by Crippen LogP contribution is 2.20. The normalized spacial score (nSPS) is 10.7. The summed E-state index contributed by atoms with van der Waals surface area (Å²) in [5.74, 6) is -1.38. The third kappa shape index (κ3) is 3.30. The zero-order valence-corrected chi connectivity index (χ0v) is 10.7. The Kier molecular flexibility index (Phi) is 4.29. The number of hydrogen-bond acceptors (Lipinski definition) is 2. The van der Waals surface area contributed by atoms with Crippen LogP contribution in [0.2, 0.25) is 5.02 Å². The van der Waals surface area contributed by atoms with Gasteiger partial charge in [-0.3, -0.25) is 4.79 Å². The first-order valence-corrected chi connectivity index (χ1v) is 5.90. The van der Waals surface area contributed by atoms with E-state index in [2.05, 4.69) is 4.74 Å². The van der Waals surface area contributed by atoms with Crippen LogP contribution in [0.3, 0.4) is 0 Å². The Bertz CT molecular complexity index is 627. The minimum atomic E-state index is -2.94. The van der Waals surface area contributed by atoms with Gasteiger partial charge in [0.05, 0.1) is 5.56 Å². The van der Waals surface area contributed by atoms with Gasteiger partial charge in [-0.05, 0) is 42.5 Å². The van der Waals surface area contributed by atoms with Gasteiger partial charge >= 0.3 is 6.61 Å². The molecule has 104 valence electrons. The third-order valence-electron chi connectivity index (χ3n) is 2.52. The van der Waals surface area contributed by atoms with E-state index < -0.39 is 18.2 Å². The molecule has 0 N–H and O–H groups in total. The first-order chi connectivity index (χ1) is 9.47. The minimum absolute atomic E-state index is 0.0758. The molecule has 2 nitrogen and oxygen atoms in total. The molecule has 0 fully saturated rings. The van der Waals surface area contributed by atoms with Crippen molar-refractivity contribution in [1.29, 1.82) is 0 Å². The Morgan fingerprint density at radius 1 is 1.10 bits per heavy atom. The lowest BCUT2D eigenvalue weighted by atomic mass is 10.0. The molecule has 0 atom stereocenters. The molecule has 0 saturated heterocycles. The van der Waals surface area contributed by atoms with Gasteiger partial charge < -0.3 is 4.74 Å². The molecule has 0 aliphatic heterocycles. The summed E-state index contributed by atoms with van der Waals surface area (Å²) in [4.78, 5) is 12.0. The number of rotatable bonds is 4. The lowest BCUT2D eigenvalue weighted by molar-refractivity contribution is -0.0498. The molecular weight excluding hydrogens is 293 g/mol. The summed E-state index contributed by atoms with van der Waals surface area (Å²) in [6.07, 6.45) is 0. The molecule has 0 saturated carbocycles. The zero-order chi connectivity index (χ0) is 14.7. The van der Waals surface area contributed by atoms with E-state index >= 15 is 0 Å². The summed E-state index contributed by atoms with van der Waals surface area (Å²) in [7, 11) is 0. The van der Waals surface area contributed by atoms with Gasteiger partial charge in [0, 0.05) is 10.6 Å². The standard InChI is InChI=1S/C14H8ClF3O2/c15-9-3-6-11(12(16)7-9)13(19)8-1-4-10(5-2-8)20-14(17)18/h1-7,14H. The van der Waals surface area contributed by atoms with Gasteiger partial charge in [0.2, 0.25) is 0 Å². The van der Waals surface area contributed by atoms with E-state index in [1.165, 1.54) is 36.4 Å². The summed E-state index contributed by atoms with van der Waals surface area (Å²) in [6.45, 7) is -2.94. The summed E-state index contributed by atoms with van der Waals surface area (Å²) in [5, 5.41) is 0.180. The van der Waals surface area contributed by atoms with E-state index in [4.69, 9.17) is 11.6 Å². The van der Waals surface area contributed by atoms with E-state index in [9.17, 15) is 18.0 Å². The minimum Gasteiger partial charge on any atom is -0.435 e. The molecule has 0 aliphatic rings. The molecule has 0 spiro atoms. The van der Waals surface area contributed by atoms with Crippen LogP contribution in [0.4, 0.5) is 13.2 Å². The van der Waals surface area contributed by atoms with Crippen LogP contribution in [0.15, 0.2) is 42.5 Å². The molecule has 6 heteroatoms. The molecule has 0 bridgehead atoms. The highest BCUT2D eigenvalue weighted by molar-refractivity contribution is 6.30. The predicted molar refractivity (Wildman–Crippen MR) is 67.9 cm³/mol. The second kappa shape index (κ2) is 5.96. The number of ketones is 1. The Morgan fingerprint density at radius 3 is 2.30 bits per heavy atom. The number of carbonyl (C=O) groups is 1. The Hall–Kier alpha value is -2.01. The van der Waals surface area contributed by atoms with Crippen LogP contribution in [-0.4, -0.2) is 12.4 Å². The van der Waals surface area contributed by atoms with Gasteiger partial charge in [0.1, 0.15) is 11.6 Å². The van der Waals surface area contributed by atoms with Crippen molar-refractivity contribution in [3.63, 3.8) is 0 Å². The van der Waals surface area contributed by atoms with Crippen LogP contribution >= 0.6 is 11.6 Å². The lowest BCUT2D eigenvalue weighted by Gasteiger charge is -2.06. The van der Waals surface area contributed by atoms with Crippen molar-refractivity contribution in [2.45, 2.75) is 6.61 Å². The number of benzene rings is 2. The lowest BCUT2D eigenvalue weighted by Crippen LogP contribution is -2.05. The van der Waals surface area contributed by atoms with Gasteiger partial charge in [-0.25, -0.2) is 4.39 Å². The van der Waals surface area contributed by atoms with Gasteiger partial charge in [-0.1, -0.05) is 11.6 Å². The highest BCUT2D eigenvalue weighted by atomic mass is 35.5. The molecule has 0 heterocycles. The van der Waals surface area contributed by atoms with Crippen LogP contribution in [0, 0.1) is 5.82 Å².